The zero-order valence-corrected chi connectivity index (χ0v) is 12.1. The molecule has 1 saturated heterocycles. The van der Waals surface area contributed by atoms with E-state index in [4.69, 9.17) is 4.74 Å². The maximum Gasteiger partial charge on any atom is 0.0547 e. The lowest BCUT2D eigenvalue weighted by molar-refractivity contribution is 0.198. The molecule has 0 spiro atoms. The largest absolute Gasteiger partial charge is 0.381 e. The zero-order valence-electron chi connectivity index (χ0n) is 12.1. The summed E-state index contributed by atoms with van der Waals surface area (Å²) in [5, 5.41) is 0. The van der Waals surface area contributed by atoms with Crippen molar-refractivity contribution in [1.29, 1.82) is 0 Å². The lowest BCUT2D eigenvalue weighted by Crippen LogP contribution is -2.26. The van der Waals surface area contributed by atoms with Crippen molar-refractivity contribution in [1.82, 2.24) is 9.88 Å². The summed E-state index contributed by atoms with van der Waals surface area (Å²) in [6.45, 7) is 9.34. The molecule has 102 valence electrons. The Morgan fingerprint density at radius 3 is 2.39 bits per heavy atom. The molecular formula is C15H26N2O. The van der Waals surface area contributed by atoms with E-state index in [-0.39, 0.29) is 0 Å². The minimum atomic E-state index is 0.572. The Hall–Kier alpha value is -0.930. The molecule has 0 N–H and O–H groups in total. The van der Waals surface area contributed by atoms with Crippen molar-refractivity contribution in [2.75, 3.05) is 20.3 Å². The number of hydrogen-bond acceptors (Lipinski definition) is 3. The van der Waals surface area contributed by atoms with Gasteiger partial charge in [-0.05, 0) is 52.8 Å². The predicted molar refractivity (Wildman–Crippen MR) is 75.6 cm³/mol. The van der Waals surface area contributed by atoms with Crippen LogP contribution in [0.4, 0.5) is 0 Å². The Labute approximate surface area is 111 Å². The normalized spacial score (nSPS) is 14.8. The number of nitrogens with zero attached hydrogens (tertiary/aromatic N) is 2. The van der Waals surface area contributed by atoms with E-state index in [0.29, 0.717) is 6.04 Å². The summed E-state index contributed by atoms with van der Waals surface area (Å²) >= 11 is 0. The lowest BCUT2D eigenvalue weighted by Gasteiger charge is -2.20. The highest BCUT2D eigenvalue weighted by Crippen LogP contribution is 2.04. The minimum Gasteiger partial charge on any atom is -0.381 e. The number of pyridine rings is 1. The second kappa shape index (κ2) is 8.22. The van der Waals surface area contributed by atoms with Gasteiger partial charge in [0.15, 0.2) is 0 Å². The second-order valence-electron chi connectivity index (χ2n) is 5.10. The Morgan fingerprint density at radius 1 is 1.28 bits per heavy atom. The van der Waals surface area contributed by atoms with Gasteiger partial charge in [0.1, 0.15) is 0 Å². The third kappa shape index (κ3) is 6.12. The highest BCUT2D eigenvalue weighted by molar-refractivity contribution is 5.09. The third-order valence-electron chi connectivity index (χ3n) is 3.07. The monoisotopic (exact) mass is 250 g/mol. The number of ether oxygens (including phenoxy) is 1. The topological polar surface area (TPSA) is 25.4 Å². The molecule has 1 aromatic rings. The smallest absolute Gasteiger partial charge is 0.0547 e. The highest BCUT2D eigenvalue weighted by Gasteiger charge is 2.04. The van der Waals surface area contributed by atoms with Gasteiger partial charge in [-0.2, -0.15) is 0 Å². The van der Waals surface area contributed by atoms with Crippen molar-refractivity contribution >= 4 is 0 Å². The number of aryl methyl sites for hydroxylation is 1. The number of hydrogen-bond donors (Lipinski definition) is 0. The van der Waals surface area contributed by atoms with Gasteiger partial charge >= 0.3 is 0 Å². The van der Waals surface area contributed by atoms with Crippen molar-refractivity contribution in [2.45, 2.75) is 46.2 Å². The minimum absolute atomic E-state index is 0.572. The molecule has 0 atom stereocenters. The van der Waals surface area contributed by atoms with E-state index in [2.05, 4.69) is 42.9 Å². The maximum atomic E-state index is 4.94. The van der Waals surface area contributed by atoms with Crippen LogP contribution in [0.25, 0.3) is 0 Å². The van der Waals surface area contributed by atoms with E-state index in [1.54, 1.807) is 0 Å². The fourth-order valence-corrected chi connectivity index (χ4v) is 1.64. The molecular weight excluding hydrogens is 224 g/mol. The van der Waals surface area contributed by atoms with Crippen molar-refractivity contribution < 1.29 is 4.74 Å². The summed E-state index contributed by atoms with van der Waals surface area (Å²) in [5.74, 6) is 0. The van der Waals surface area contributed by atoms with Crippen LogP contribution < -0.4 is 0 Å². The average Bonchev–Trinajstić information content (AvgIpc) is 2.87. The summed E-state index contributed by atoms with van der Waals surface area (Å²) in [5.41, 5.74) is 2.24. The second-order valence-corrected chi connectivity index (χ2v) is 5.10. The summed E-state index contributed by atoms with van der Waals surface area (Å²) in [6, 6.07) is 6.73. The number of rotatable bonds is 3. The van der Waals surface area contributed by atoms with Gasteiger partial charge in [0, 0.05) is 31.5 Å². The van der Waals surface area contributed by atoms with Crippen LogP contribution in [0.2, 0.25) is 0 Å². The Balaban J connectivity index is 0.000000269. The Bertz CT molecular complexity index is 327. The van der Waals surface area contributed by atoms with Gasteiger partial charge in [-0.3, -0.25) is 9.88 Å². The van der Waals surface area contributed by atoms with Crippen LogP contribution in [0.3, 0.4) is 0 Å². The molecule has 3 heteroatoms. The summed E-state index contributed by atoms with van der Waals surface area (Å²) in [7, 11) is 2.12. The molecule has 3 nitrogen and oxygen atoms in total. The molecule has 0 aromatic carbocycles. The van der Waals surface area contributed by atoms with Gasteiger partial charge in [0.2, 0.25) is 0 Å². The standard InChI is InChI=1S/C11H18N2.C4H8O/c1-9(2)13(4)8-11-7-5-6-10(3)12-11;1-2-4-5-3-1/h5-7,9H,8H2,1-4H3;1-4H2. The zero-order chi connectivity index (χ0) is 13.4. The van der Waals surface area contributed by atoms with Crippen LogP contribution in [0, 0.1) is 6.92 Å². The summed E-state index contributed by atoms with van der Waals surface area (Å²) in [6.07, 6.45) is 2.56. The first kappa shape index (κ1) is 15.1. The van der Waals surface area contributed by atoms with E-state index < -0.39 is 0 Å². The van der Waals surface area contributed by atoms with E-state index in [1.807, 2.05) is 13.0 Å². The summed E-state index contributed by atoms with van der Waals surface area (Å²) < 4.78 is 4.94. The molecule has 1 aromatic heterocycles. The molecule has 1 fully saturated rings. The van der Waals surface area contributed by atoms with E-state index in [9.17, 15) is 0 Å². The van der Waals surface area contributed by atoms with Gasteiger partial charge in [-0.1, -0.05) is 6.07 Å². The molecule has 0 unspecified atom stereocenters. The molecule has 0 bridgehead atoms. The van der Waals surface area contributed by atoms with E-state index >= 15 is 0 Å². The van der Waals surface area contributed by atoms with Crippen molar-refractivity contribution in [3.05, 3.63) is 29.6 Å². The van der Waals surface area contributed by atoms with E-state index in [1.165, 1.54) is 12.8 Å². The first-order chi connectivity index (χ1) is 8.59. The van der Waals surface area contributed by atoms with Gasteiger partial charge in [0.05, 0.1) is 5.69 Å². The van der Waals surface area contributed by atoms with Crippen molar-refractivity contribution in [2.24, 2.45) is 0 Å². The maximum absolute atomic E-state index is 4.94. The average molecular weight is 250 g/mol. The van der Waals surface area contributed by atoms with Gasteiger partial charge in [-0.15, -0.1) is 0 Å². The van der Waals surface area contributed by atoms with Gasteiger partial charge in [-0.25, -0.2) is 0 Å². The molecule has 18 heavy (non-hydrogen) atoms. The molecule has 0 aliphatic carbocycles. The van der Waals surface area contributed by atoms with Crippen LogP contribution in [0.1, 0.15) is 38.1 Å². The fraction of sp³-hybridized carbons (Fsp3) is 0.667. The first-order valence-corrected chi connectivity index (χ1v) is 6.80. The van der Waals surface area contributed by atoms with Crippen LogP contribution in [-0.4, -0.2) is 36.2 Å². The van der Waals surface area contributed by atoms with Crippen molar-refractivity contribution in [3.8, 4) is 0 Å². The molecule has 1 aliphatic rings. The molecule has 2 rings (SSSR count). The Morgan fingerprint density at radius 2 is 1.94 bits per heavy atom. The number of aromatic nitrogens is 1. The van der Waals surface area contributed by atoms with Gasteiger partial charge in [0.25, 0.3) is 0 Å². The fourth-order valence-electron chi connectivity index (χ4n) is 1.64. The summed E-state index contributed by atoms with van der Waals surface area (Å²) in [4.78, 5) is 6.73. The Kier molecular flexibility index (Phi) is 6.91. The van der Waals surface area contributed by atoms with Crippen LogP contribution in [-0.2, 0) is 11.3 Å². The molecule has 0 amide bonds. The van der Waals surface area contributed by atoms with Crippen molar-refractivity contribution in [3.63, 3.8) is 0 Å². The third-order valence-corrected chi connectivity index (χ3v) is 3.07. The lowest BCUT2D eigenvalue weighted by atomic mass is 10.2. The molecule has 0 radical (unpaired) electrons. The van der Waals surface area contributed by atoms with Gasteiger partial charge < -0.3 is 4.74 Å². The molecule has 2 heterocycles. The molecule has 0 saturated carbocycles. The quantitative estimate of drug-likeness (QED) is 0.824. The SMILES string of the molecule is C1CCOC1.Cc1cccc(CN(C)C(C)C)n1. The van der Waals surface area contributed by atoms with Crippen LogP contribution in [0.5, 0.6) is 0 Å². The van der Waals surface area contributed by atoms with Crippen LogP contribution in [0.15, 0.2) is 18.2 Å². The predicted octanol–water partition coefficient (Wildman–Crippen LogP) is 3.03. The first-order valence-electron chi connectivity index (χ1n) is 6.80. The van der Waals surface area contributed by atoms with Crippen LogP contribution >= 0.6 is 0 Å². The highest BCUT2D eigenvalue weighted by atomic mass is 16.5. The van der Waals surface area contributed by atoms with E-state index in [0.717, 1.165) is 31.1 Å². The molecule has 1 aliphatic heterocycles.